The zero-order valence-corrected chi connectivity index (χ0v) is 15.4. The van der Waals surface area contributed by atoms with Crippen LogP contribution in [0.1, 0.15) is 17.3 Å². The van der Waals surface area contributed by atoms with E-state index in [1.165, 1.54) is 11.3 Å². The van der Waals surface area contributed by atoms with Crippen molar-refractivity contribution in [1.29, 1.82) is 0 Å². The highest BCUT2D eigenvalue weighted by atomic mass is 32.1. The topological polar surface area (TPSA) is 42.4 Å². The smallest absolute Gasteiger partial charge is 0.260 e. The van der Waals surface area contributed by atoms with Crippen LogP contribution in [0.15, 0.2) is 72.6 Å². The molecule has 1 heterocycles. The lowest BCUT2D eigenvalue weighted by atomic mass is 10.2. The predicted octanol–water partition coefficient (Wildman–Crippen LogP) is 5.04. The number of carbonyl (C=O) groups excluding carboxylic acids is 1. The summed E-state index contributed by atoms with van der Waals surface area (Å²) in [6.07, 6.45) is 1.70. The summed E-state index contributed by atoms with van der Waals surface area (Å²) < 4.78 is 5.43. The zero-order valence-electron chi connectivity index (χ0n) is 14.6. The number of rotatable bonds is 7. The minimum Gasteiger partial charge on any atom is -0.494 e. The number of benzene rings is 2. The van der Waals surface area contributed by atoms with Crippen molar-refractivity contribution in [1.82, 2.24) is 4.98 Å². The summed E-state index contributed by atoms with van der Waals surface area (Å²) in [6.45, 7) is 6.69. The van der Waals surface area contributed by atoms with Crippen molar-refractivity contribution in [2.75, 3.05) is 18.1 Å². The summed E-state index contributed by atoms with van der Waals surface area (Å²) in [5.74, 6) is 0.641. The van der Waals surface area contributed by atoms with E-state index in [1.54, 1.807) is 35.2 Å². The molecule has 0 aliphatic carbocycles. The first-order valence-corrected chi connectivity index (χ1v) is 9.27. The van der Waals surface area contributed by atoms with Gasteiger partial charge in [-0.25, -0.2) is 4.98 Å². The van der Waals surface area contributed by atoms with Gasteiger partial charge in [0.25, 0.3) is 5.91 Å². The van der Waals surface area contributed by atoms with E-state index < -0.39 is 0 Å². The number of amides is 1. The lowest BCUT2D eigenvalue weighted by Gasteiger charge is -2.18. The Morgan fingerprint density at radius 2 is 1.92 bits per heavy atom. The van der Waals surface area contributed by atoms with Crippen molar-refractivity contribution in [3.8, 4) is 17.0 Å². The average molecular weight is 364 g/mol. The first-order valence-electron chi connectivity index (χ1n) is 8.39. The molecule has 0 fully saturated rings. The van der Waals surface area contributed by atoms with Crippen LogP contribution in [0.25, 0.3) is 11.3 Å². The fourth-order valence-electron chi connectivity index (χ4n) is 2.52. The number of ether oxygens (including phenoxy) is 1. The molecule has 0 saturated heterocycles. The Kier molecular flexibility index (Phi) is 5.81. The number of thiazole rings is 1. The van der Waals surface area contributed by atoms with E-state index in [0.717, 1.165) is 17.0 Å². The third-order valence-corrected chi connectivity index (χ3v) is 4.63. The van der Waals surface area contributed by atoms with Crippen LogP contribution in [-0.2, 0) is 0 Å². The normalized spacial score (nSPS) is 10.3. The fraction of sp³-hybridized carbons (Fsp3) is 0.143. The molecule has 5 heteroatoms. The van der Waals surface area contributed by atoms with Crippen molar-refractivity contribution in [3.05, 3.63) is 78.2 Å². The minimum absolute atomic E-state index is 0.109. The van der Waals surface area contributed by atoms with Crippen LogP contribution in [0.4, 0.5) is 5.13 Å². The van der Waals surface area contributed by atoms with Crippen molar-refractivity contribution in [3.63, 3.8) is 0 Å². The highest BCUT2D eigenvalue weighted by molar-refractivity contribution is 7.14. The molecule has 3 aromatic rings. The lowest BCUT2D eigenvalue weighted by molar-refractivity contribution is 0.0989. The van der Waals surface area contributed by atoms with Gasteiger partial charge in [0.2, 0.25) is 0 Å². The van der Waals surface area contributed by atoms with Gasteiger partial charge < -0.3 is 4.74 Å². The zero-order chi connectivity index (χ0) is 18.4. The average Bonchev–Trinajstić information content (AvgIpc) is 3.17. The maximum atomic E-state index is 13.0. The number of nitrogens with zero attached hydrogens (tertiary/aromatic N) is 2. The van der Waals surface area contributed by atoms with Gasteiger partial charge in [0.05, 0.1) is 12.3 Å². The molecule has 3 rings (SSSR count). The van der Waals surface area contributed by atoms with Gasteiger partial charge in [-0.05, 0) is 31.2 Å². The molecule has 0 spiro atoms. The number of hydrogen-bond donors (Lipinski definition) is 0. The van der Waals surface area contributed by atoms with E-state index in [0.29, 0.717) is 23.8 Å². The summed E-state index contributed by atoms with van der Waals surface area (Å²) in [5, 5.41) is 2.62. The molecule has 0 bridgehead atoms. The molecule has 2 aromatic carbocycles. The Hall–Kier alpha value is -2.92. The SMILES string of the molecule is C=CCN(C(=O)c1ccc(OCC)cc1)c1nc(-c2ccccc2)cs1. The Labute approximate surface area is 157 Å². The molecule has 132 valence electrons. The van der Waals surface area contributed by atoms with Crippen molar-refractivity contribution >= 4 is 22.4 Å². The van der Waals surface area contributed by atoms with Gasteiger partial charge in [0.1, 0.15) is 5.75 Å². The lowest BCUT2D eigenvalue weighted by Crippen LogP contribution is -2.30. The van der Waals surface area contributed by atoms with Gasteiger partial charge in [-0.15, -0.1) is 17.9 Å². The maximum absolute atomic E-state index is 13.0. The molecule has 0 aliphatic heterocycles. The van der Waals surface area contributed by atoms with Gasteiger partial charge in [-0.3, -0.25) is 9.69 Å². The molecule has 0 aliphatic rings. The summed E-state index contributed by atoms with van der Waals surface area (Å²) in [6, 6.07) is 17.1. The Morgan fingerprint density at radius 1 is 1.19 bits per heavy atom. The molecule has 0 saturated carbocycles. The van der Waals surface area contributed by atoms with Crippen LogP contribution < -0.4 is 9.64 Å². The van der Waals surface area contributed by atoms with Crippen LogP contribution in [0.3, 0.4) is 0 Å². The van der Waals surface area contributed by atoms with Crippen LogP contribution in [-0.4, -0.2) is 24.0 Å². The highest BCUT2D eigenvalue weighted by Gasteiger charge is 2.20. The van der Waals surface area contributed by atoms with Crippen LogP contribution in [0.2, 0.25) is 0 Å². The molecule has 1 aromatic heterocycles. The summed E-state index contributed by atoms with van der Waals surface area (Å²) in [7, 11) is 0. The largest absolute Gasteiger partial charge is 0.494 e. The van der Waals surface area contributed by atoms with Gasteiger partial charge in [-0.2, -0.15) is 0 Å². The van der Waals surface area contributed by atoms with Gasteiger partial charge in [0, 0.05) is 23.1 Å². The Morgan fingerprint density at radius 3 is 2.58 bits per heavy atom. The first kappa shape index (κ1) is 17.9. The fourth-order valence-corrected chi connectivity index (χ4v) is 3.36. The molecular weight excluding hydrogens is 344 g/mol. The third kappa shape index (κ3) is 4.00. The maximum Gasteiger partial charge on any atom is 0.260 e. The standard InChI is InChI=1S/C21H20N2O2S/c1-3-14-23(20(24)17-10-12-18(13-11-17)25-4-2)21-22-19(15-26-21)16-8-6-5-7-9-16/h3,5-13,15H,1,4,14H2,2H3. The molecule has 0 radical (unpaired) electrons. The van der Waals surface area contributed by atoms with Crippen molar-refractivity contribution < 1.29 is 9.53 Å². The first-order chi connectivity index (χ1) is 12.7. The second-order valence-corrected chi connectivity index (χ2v) is 6.38. The van der Waals surface area contributed by atoms with Gasteiger partial charge in [0.15, 0.2) is 5.13 Å². The molecule has 0 unspecified atom stereocenters. The molecule has 0 atom stereocenters. The number of hydrogen-bond acceptors (Lipinski definition) is 4. The summed E-state index contributed by atoms with van der Waals surface area (Å²) in [5.41, 5.74) is 2.48. The molecule has 4 nitrogen and oxygen atoms in total. The molecule has 26 heavy (non-hydrogen) atoms. The van der Waals surface area contributed by atoms with E-state index in [4.69, 9.17) is 4.74 Å². The Balaban J connectivity index is 1.85. The number of anilines is 1. The second-order valence-electron chi connectivity index (χ2n) is 5.54. The third-order valence-electron chi connectivity index (χ3n) is 3.76. The highest BCUT2D eigenvalue weighted by Crippen LogP contribution is 2.28. The van der Waals surface area contributed by atoms with E-state index in [2.05, 4.69) is 11.6 Å². The van der Waals surface area contributed by atoms with E-state index in [-0.39, 0.29) is 5.91 Å². The summed E-state index contributed by atoms with van der Waals surface area (Å²) in [4.78, 5) is 19.2. The minimum atomic E-state index is -0.109. The molecular formula is C21H20N2O2S. The predicted molar refractivity (Wildman–Crippen MR) is 107 cm³/mol. The van der Waals surface area contributed by atoms with E-state index >= 15 is 0 Å². The summed E-state index contributed by atoms with van der Waals surface area (Å²) >= 11 is 1.45. The van der Waals surface area contributed by atoms with Crippen LogP contribution in [0.5, 0.6) is 5.75 Å². The van der Waals surface area contributed by atoms with Crippen LogP contribution in [0, 0.1) is 0 Å². The van der Waals surface area contributed by atoms with E-state index in [9.17, 15) is 4.79 Å². The van der Waals surface area contributed by atoms with Gasteiger partial charge >= 0.3 is 0 Å². The Bertz CT molecular complexity index is 873. The molecule has 0 N–H and O–H groups in total. The van der Waals surface area contributed by atoms with E-state index in [1.807, 2.05) is 42.6 Å². The van der Waals surface area contributed by atoms with Crippen LogP contribution >= 0.6 is 11.3 Å². The molecule has 1 amide bonds. The number of carbonyl (C=O) groups is 1. The van der Waals surface area contributed by atoms with Crippen molar-refractivity contribution in [2.45, 2.75) is 6.92 Å². The second kappa shape index (κ2) is 8.45. The quantitative estimate of drug-likeness (QED) is 0.552. The van der Waals surface area contributed by atoms with Gasteiger partial charge in [-0.1, -0.05) is 36.4 Å². The monoisotopic (exact) mass is 364 g/mol. The van der Waals surface area contributed by atoms with Crippen molar-refractivity contribution in [2.24, 2.45) is 0 Å². The number of aromatic nitrogens is 1.